The molecule has 0 radical (unpaired) electrons. The fraction of sp³-hybridized carbons (Fsp3) is 0.222. The van der Waals surface area contributed by atoms with Crippen molar-refractivity contribution in [2.75, 3.05) is 0 Å². The second-order valence-corrected chi connectivity index (χ2v) is 6.88. The van der Waals surface area contributed by atoms with E-state index in [9.17, 15) is 4.79 Å². The van der Waals surface area contributed by atoms with Crippen molar-refractivity contribution >= 4 is 35.0 Å². The molecule has 0 aliphatic carbocycles. The van der Waals surface area contributed by atoms with Crippen LogP contribution < -0.4 is 5.43 Å². The summed E-state index contributed by atoms with van der Waals surface area (Å²) in [7, 11) is 0. The molecular weight excluding hydrogens is 328 g/mol. The second kappa shape index (κ2) is 8.75. The molecule has 0 fully saturated rings. The van der Waals surface area contributed by atoms with Crippen LogP contribution in [-0.2, 0) is 10.5 Å². The van der Waals surface area contributed by atoms with Crippen LogP contribution in [0, 0.1) is 0 Å². The molecule has 0 heterocycles. The van der Waals surface area contributed by atoms with Crippen LogP contribution >= 0.6 is 23.4 Å². The van der Waals surface area contributed by atoms with Crippen LogP contribution in [0.3, 0.4) is 0 Å². The maximum absolute atomic E-state index is 12.1. The summed E-state index contributed by atoms with van der Waals surface area (Å²) in [5, 5.41) is 4.67. The third-order valence-corrected chi connectivity index (χ3v) is 4.77. The number of benzene rings is 2. The topological polar surface area (TPSA) is 41.5 Å². The van der Waals surface area contributed by atoms with Gasteiger partial charge in [-0.2, -0.15) is 5.10 Å². The first-order valence-corrected chi connectivity index (χ1v) is 8.74. The Hall–Kier alpha value is -1.78. The van der Waals surface area contributed by atoms with Crippen molar-refractivity contribution in [3.63, 3.8) is 0 Å². The van der Waals surface area contributed by atoms with Gasteiger partial charge in [0, 0.05) is 10.8 Å². The molecule has 0 spiro atoms. The lowest BCUT2D eigenvalue weighted by Crippen LogP contribution is -2.27. The lowest BCUT2D eigenvalue weighted by molar-refractivity contribution is -0.120. The number of thioether (sulfide) groups is 1. The number of nitrogens with zero attached hydrogens (tertiary/aromatic N) is 1. The Bertz CT molecular complexity index is 671. The maximum Gasteiger partial charge on any atom is 0.252 e. The highest BCUT2D eigenvalue weighted by Crippen LogP contribution is 2.17. The van der Waals surface area contributed by atoms with Gasteiger partial charge >= 0.3 is 0 Å². The van der Waals surface area contributed by atoms with E-state index in [1.54, 1.807) is 23.9 Å². The number of hydrazone groups is 1. The minimum absolute atomic E-state index is 0.0979. The van der Waals surface area contributed by atoms with Gasteiger partial charge in [0.15, 0.2) is 0 Å². The molecular formula is C18H19ClN2OS. The monoisotopic (exact) mass is 346 g/mol. The molecule has 0 saturated carbocycles. The van der Waals surface area contributed by atoms with Gasteiger partial charge < -0.3 is 0 Å². The van der Waals surface area contributed by atoms with Crippen molar-refractivity contribution in [3.8, 4) is 0 Å². The van der Waals surface area contributed by atoms with Crippen LogP contribution in [0.15, 0.2) is 59.7 Å². The molecule has 0 aromatic heterocycles. The third-order valence-electron chi connectivity index (χ3n) is 3.31. The molecule has 1 atom stereocenters. The van der Waals surface area contributed by atoms with Crippen molar-refractivity contribution in [2.24, 2.45) is 5.10 Å². The molecule has 2 aromatic rings. The van der Waals surface area contributed by atoms with Crippen molar-refractivity contribution in [3.05, 3.63) is 70.7 Å². The van der Waals surface area contributed by atoms with Crippen LogP contribution in [0.2, 0.25) is 5.02 Å². The van der Waals surface area contributed by atoms with Crippen molar-refractivity contribution in [2.45, 2.75) is 24.9 Å². The normalized spacial score (nSPS) is 12.7. The minimum atomic E-state index is -0.169. The summed E-state index contributed by atoms with van der Waals surface area (Å²) in [4.78, 5) is 12.1. The average molecular weight is 347 g/mol. The minimum Gasteiger partial charge on any atom is -0.272 e. The standard InChI is InChI=1S/C18H19ClN2OS/c1-13(16-8-10-17(19)11-9-16)20-21-18(22)14(2)23-12-15-6-4-3-5-7-15/h3-11,14H,12H2,1-2H3,(H,21,22)/b20-13-/t14-/m1/s1. The van der Waals surface area contributed by atoms with Crippen molar-refractivity contribution < 1.29 is 4.79 Å². The zero-order valence-corrected chi connectivity index (χ0v) is 14.7. The number of rotatable bonds is 6. The number of hydrogen-bond donors (Lipinski definition) is 1. The summed E-state index contributed by atoms with van der Waals surface area (Å²) >= 11 is 7.45. The van der Waals surface area contributed by atoms with Crippen LogP contribution in [0.4, 0.5) is 0 Å². The van der Waals surface area contributed by atoms with Crippen LogP contribution in [0.25, 0.3) is 0 Å². The molecule has 2 aromatic carbocycles. The predicted octanol–water partition coefficient (Wildman–Crippen LogP) is 4.50. The lowest BCUT2D eigenvalue weighted by Gasteiger charge is -2.10. The third kappa shape index (κ3) is 5.73. The van der Waals surface area contributed by atoms with Gasteiger partial charge in [-0.3, -0.25) is 4.79 Å². The van der Waals surface area contributed by atoms with Gasteiger partial charge in [0.25, 0.3) is 5.91 Å². The van der Waals surface area contributed by atoms with Crippen LogP contribution in [0.5, 0.6) is 0 Å². The average Bonchev–Trinajstić information content (AvgIpc) is 2.58. The van der Waals surface area contributed by atoms with E-state index < -0.39 is 0 Å². The second-order valence-electron chi connectivity index (χ2n) is 5.12. The molecule has 23 heavy (non-hydrogen) atoms. The van der Waals surface area contributed by atoms with Gasteiger partial charge in [0.2, 0.25) is 0 Å². The lowest BCUT2D eigenvalue weighted by atomic mass is 10.1. The molecule has 5 heteroatoms. The molecule has 0 unspecified atom stereocenters. The quantitative estimate of drug-likeness (QED) is 0.618. The summed E-state index contributed by atoms with van der Waals surface area (Å²) in [6.45, 7) is 3.74. The molecule has 3 nitrogen and oxygen atoms in total. The maximum atomic E-state index is 12.1. The number of hydrogen-bond acceptors (Lipinski definition) is 3. The fourth-order valence-electron chi connectivity index (χ4n) is 1.86. The number of amides is 1. The zero-order chi connectivity index (χ0) is 16.7. The van der Waals surface area contributed by atoms with E-state index in [0.29, 0.717) is 5.02 Å². The van der Waals surface area contributed by atoms with Gasteiger partial charge in [-0.15, -0.1) is 11.8 Å². The largest absolute Gasteiger partial charge is 0.272 e. The molecule has 1 amide bonds. The molecule has 0 aliphatic rings. The molecule has 1 N–H and O–H groups in total. The number of carbonyl (C=O) groups excluding carboxylic acids is 1. The predicted molar refractivity (Wildman–Crippen MR) is 99.0 cm³/mol. The van der Waals surface area contributed by atoms with E-state index in [4.69, 9.17) is 11.6 Å². The van der Waals surface area contributed by atoms with E-state index in [2.05, 4.69) is 22.7 Å². The highest BCUT2D eigenvalue weighted by Gasteiger charge is 2.13. The Balaban J connectivity index is 1.85. The SMILES string of the molecule is C/C(=N/NC(=O)[C@@H](C)SCc1ccccc1)c1ccc(Cl)cc1. The first-order valence-electron chi connectivity index (χ1n) is 7.32. The summed E-state index contributed by atoms with van der Waals surface area (Å²) in [6, 6.07) is 17.5. The first-order chi connectivity index (χ1) is 11.1. The molecule has 0 bridgehead atoms. The van der Waals surface area contributed by atoms with E-state index in [-0.39, 0.29) is 11.2 Å². The van der Waals surface area contributed by atoms with E-state index >= 15 is 0 Å². The first kappa shape index (κ1) is 17.6. The van der Waals surface area contributed by atoms with Crippen molar-refractivity contribution in [1.82, 2.24) is 5.43 Å². The number of halogens is 1. The Labute approximate surface area is 146 Å². The zero-order valence-electron chi connectivity index (χ0n) is 13.1. The summed E-state index contributed by atoms with van der Waals surface area (Å²) in [5.74, 6) is 0.703. The van der Waals surface area contributed by atoms with Crippen LogP contribution in [0.1, 0.15) is 25.0 Å². The van der Waals surface area contributed by atoms with E-state index in [0.717, 1.165) is 17.0 Å². The van der Waals surface area contributed by atoms with Gasteiger partial charge in [-0.25, -0.2) is 5.43 Å². The Morgan fingerprint density at radius 3 is 2.48 bits per heavy atom. The van der Waals surface area contributed by atoms with Gasteiger partial charge in [-0.05, 0) is 37.1 Å². The Kier molecular flexibility index (Phi) is 6.68. The smallest absolute Gasteiger partial charge is 0.252 e. The molecule has 0 saturated heterocycles. The fourth-order valence-corrected chi connectivity index (χ4v) is 2.82. The molecule has 0 aliphatic heterocycles. The Morgan fingerprint density at radius 2 is 1.83 bits per heavy atom. The van der Waals surface area contributed by atoms with E-state index in [1.165, 1.54) is 5.56 Å². The van der Waals surface area contributed by atoms with Crippen LogP contribution in [-0.4, -0.2) is 16.9 Å². The number of nitrogens with one attached hydrogen (secondary N) is 1. The summed E-state index contributed by atoms with van der Waals surface area (Å²) < 4.78 is 0. The van der Waals surface area contributed by atoms with Gasteiger partial charge in [-0.1, -0.05) is 54.1 Å². The highest BCUT2D eigenvalue weighted by molar-refractivity contribution is 7.99. The van der Waals surface area contributed by atoms with Gasteiger partial charge in [0.1, 0.15) is 0 Å². The highest BCUT2D eigenvalue weighted by atomic mass is 35.5. The number of carbonyl (C=O) groups is 1. The Morgan fingerprint density at radius 1 is 1.17 bits per heavy atom. The van der Waals surface area contributed by atoms with Crippen molar-refractivity contribution in [1.29, 1.82) is 0 Å². The molecule has 120 valence electrons. The summed E-state index contributed by atoms with van der Waals surface area (Å²) in [5.41, 5.74) is 5.51. The van der Waals surface area contributed by atoms with Gasteiger partial charge in [0.05, 0.1) is 11.0 Å². The van der Waals surface area contributed by atoms with E-state index in [1.807, 2.05) is 44.2 Å². The summed E-state index contributed by atoms with van der Waals surface area (Å²) in [6.07, 6.45) is 0. The molecule has 2 rings (SSSR count).